The molecule has 0 amide bonds. The molecule has 0 aliphatic carbocycles. The normalized spacial score (nSPS) is 25.0. The number of rotatable bonds is 6. The van der Waals surface area contributed by atoms with Gasteiger partial charge >= 0.3 is 0 Å². The van der Waals surface area contributed by atoms with Gasteiger partial charge in [0, 0.05) is 19.1 Å². The summed E-state index contributed by atoms with van der Waals surface area (Å²) in [5.74, 6) is 0.977. The molecule has 1 aliphatic rings. The van der Waals surface area contributed by atoms with E-state index in [1.54, 1.807) is 6.33 Å². The van der Waals surface area contributed by atoms with Gasteiger partial charge in [0.25, 0.3) is 0 Å². The molecule has 5 heteroatoms. The first-order valence-corrected chi connectivity index (χ1v) is 6.57. The van der Waals surface area contributed by atoms with E-state index < -0.39 is 0 Å². The van der Waals surface area contributed by atoms with Crippen LogP contribution in [0.25, 0.3) is 0 Å². The van der Waals surface area contributed by atoms with Gasteiger partial charge in [-0.25, -0.2) is 4.98 Å². The lowest BCUT2D eigenvalue weighted by Crippen LogP contribution is -2.39. The molecule has 2 heterocycles. The molecule has 2 unspecified atom stereocenters. The standard InChI is InChI=1S/C12H22N4O/c1-2-11-8-10(5-7-17-11)13-6-3-4-12-14-9-15-16-12/h9-11,13H,2-8H2,1H3,(H,14,15,16). The fourth-order valence-electron chi connectivity index (χ4n) is 2.26. The van der Waals surface area contributed by atoms with E-state index in [4.69, 9.17) is 4.74 Å². The molecule has 0 radical (unpaired) electrons. The molecule has 2 N–H and O–H groups in total. The van der Waals surface area contributed by atoms with Crippen LogP contribution < -0.4 is 5.32 Å². The van der Waals surface area contributed by atoms with E-state index >= 15 is 0 Å². The topological polar surface area (TPSA) is 62.8 Å². The van der Waals surface area contributed by atoms with Crippen molar-refractivity contribution in [3.63, 3.8) is 0 Å². The Bertz CT molecular complexity index is 301. The summed E-state index contributed by atoms with van der Waals surface area (Å²) in [5.41, 5.74) is 0. The molecule has 1 saturated heterocycles. The molecular weight excluding hydrogens is 216 g/mol. The van der Waals surface area contributed by atoms with Gasteiger partial charge in [0.05, 0.1) is 6.10 Å². The number of aromatic amines is 1. The fourth-order valence-corrected chi connectivity index (χ4v) is 2.26. The van der Waals surface area contributed by atoms with Gasteiger partial charge in [-0.2, -0.15) is 5.10 Å². The van der Waals surface area contributed by atoms with Gasteiger partial charge in [-0.3, -0.25) is 5.10 Å². The minimum atomic E-state index is 0.454. The number of aryl methyl sites for hydroxylation is 1. The molecule has 17 heavy (non-hydrogen) atoms. The molecule has 1 aromatic heterocycles. The molecule has 0 bridgehead atoms. The highest BCUT2D eigenvalue weighted by Crippen LogP contribution is 2.16. The second-order valence-electron chi connectivity index (χ2n) is 4.61. The SMILES string of the molecule is CCC1CC(NCCCc2ncn[nH]2)CCO1. The van der Waals surface area contributed by atoms with Crippen molar-refractivity contribution in [3.8, 4) is 0 Å². The second kappa shape index (κ2) is 6.71. The first-order chi connectivity index (χ1) is 8.38. The van der Waals surface area contributed by atoms with Crippen LogP contribution in [0.1, 0.15) is 38.4 Å². The van der Waals surface area contributed by atoms with E-state index in [0.717, 1.165) is 51.1 Å². The first kappa shape index (κ1) is 12.5. The van der Waals surface area contributed by atoms with Crippen molar-refractivity contribution >= 4 is 0 Å². The summed E-state index contributed by atoms with van der Waals surface area (Å²) < 4.78 is 5.66. The van der Waals surface area contributed by atoms with Crippen LogP contribution in [0, 0.1) is 0 Å². The van der Waals surface area contributed by atoms with E-state index in [1.165, 1.54) is 0 Å². The van der Waals surface area contributed by atoms with Crippen LogP contribution in [0.2, 0.25) is 0 Å². The van der Waals surface area contributed by atoms with Crippen molar-refractivity contribution < 1.29 is 4.74 Å². The number of ether oxygens (including phenoxy) is 1. The smallest absolute Gasteiger partial charge is 0.137 e. The van der Waals surface area contributed by atoms with Crippen LogP contribution in [0.5, 0.6) is 0 Å². The maximum absolute atomic E-state index is 5.66. The second-order valence-corrected chi connectivity index (χ2v) is 4.61. The number of hydrogen-bond donors (Lipinski definition) is 2. The third kappa shape index (κ3) is 4.09. The van der Waals surface area contributed by atoms with E-state index in [-0.39, 0.29) is 0 Å². The van der Waals surface area contributed by atoms with Crippen LogP contribution in [-0.4, -0.2) is 40.5 Å². The lowest BCUT2D eigenvalue weighted by molar-refractivity contribution is 0.0000210. The Balaban J connectivity index is 1.58. The summed E-state index contributed by atoms with van der Waals surface area (Å²) in [5, 5.41) is 10.3. The monoisotopic (exact) mass is 238 g/mol. The fraction of sp³-hybridized carbons (Fsp3) is 0.833. The molecule has 5 nitrogen and oxygen atoms in total. The Morgan fingerprint density at radius 1 is 1.59 bits per heavy atom. The maximum atomic E-state index is 5.66. The van der Waals surface area contributed by atoms with Gasteiger partial charge in [0.15, 0.2) is 0 Å². The van der Waals surface area contributed by atoms with E-state index in [1.807, 2.05) is 0 Å². The van der Waals surface area contributed by atoms with E-state index in [2.05, 4.69) is 27.4 Å². The average Bonchev–Trinajstić information content (AvgIpc) is 2.88. The van der Waals surface area contributed by atoms with Crippen molar-refractivity contribution in [2.75, 3.05) is 13.2 Å². The summed E-state index contributed by atoms with van der Waals surface area (Å²) >= 11 is 0. The van der Waals surface area contributed by atoms with Crippen molar-refractivity contribution in [3.05, 3.63) is 12.2 Å². The summed E-state index contributed by atoms with van der Waals surface area (Å²) in [7, 11) is 0. The summed E-state index contributed by atoms with van der Waals surface area (Å²) in [6.45, 7) is 4.14. The molecule has 1 aromatic rings. The van der Waals surface area contributed by atoms with Crippen molar-refractivity contribution in [1.29, 1.82) is 0 Å². The van der Waals surface area contributed by atoms with Crippen molar-refractivity contribution in [2.24, 2.45) is 0 Å². The van der Waals surface area contributed by atoms with Gasteiger partial charge < -0.3 is 10.1 Å². The molecule has 2 atom stereocenters. The Morgan fingerprint density at radius 3 is 3.29 bits per heavy atom. The maximum Gasteiger partial charge on any atom is 0.137 e. The molecule has 2 rings (SSSR count). The Hall–Kier alpha value is -0.940. The first-order valence-electron chi connectivity index (χ1n) is 6.57. The lowest BCUT2D eigenvalue weighted by atomic mass is 10.0. The molecule has 96 valence electrons. The third-order valence-corrected chi connectivity index (χ3v) is 3.31. The van der Waals surface area contributed by atoms with Crippen molar-refractivity contribution in [2.45, 2.75) is 51.2 Å². The summed E-state index contributed by atoms with van der Waals surface area (Å²) in [4.78, 5) is 4.11. The quantitative estimate of drug-likeness (QED) is 0.733. The highest BCUT2D eigenvalue weighted by Gasteiger charge is 2.20. The highest BCUT2D eigenvalue weighted by molar-refractivity contribution is 4.81. The highest BCUT2D eigenvalue weighted by atomic mass is 16.5. The molecule has 0 saturated carbocycles. The molecule has 1 fully saturated rings. The van der Waals surface area contributed by atoms with Crippen LogP contribution in [0.15, 0.2) is 6.33 Å². The zero-order valence-corrected chi connectivity index (χ0v) is 10.5. The van der Waals surface area contributed by atoms with Gasteiger partial charge in [0.1, 0.15) is 12.2 Å². The van der Waals surface area contributed by atoms with E-state index in [0.29, 0.717) is 12.1 Å². The van der Waals surface area contributed by atoms with E-state index in [9.17, 15) is 0 Å². The van der Waals surface area contributed by atoms with Gasteiger partial charge in [-0.1, -0.05) is 6.92 Å². The number of H-pyrrole nitrogens is 1. The Morgan fingerprint density at radius 2 is 2.53 bits per heavy atom. The third-order valence-electron chi connectivity index (χ3n) is 3.31. The predicted molar refractivity (Wildman–Crippen MR) is 65.8 cm³/mol. The zero-order chi connectivity index (χ0) is 11.9. The van der Waals surface area contributed by atoms with Gasteiger partial charge in [-0.05, 0) is 32.2 Å². The molecule has 0 aromatic carbocycles. The predicted octanol–water partition coefficient (Wildman–Crippen LogP) is 1.28. The minimum Gasteiger partial charge on any atom is -0.378 e. The van der Waals surface area contributed by atoms with Gasteiger partial charge in [-0.15, -0.1) is 0 Å². The molecular formula is C12H22N4O. The summed E-state index contributed by atoms with van der Waals surface area (Å²) in [6.07, 6.45) is 7.49. The summed E-state index contributed by atoms with van der Waals surface area (Å²) in [6, 6.07) is 0.628. The van der Waals surface area contributed by atoms with Crippen molar-refractivity contribution in [1.82, 2.24) is 20.5 Å². The van der Waals surface area contributed by atoms with Crippen LogP contribution in [0.3, 0.4) is 0 Å². The number of nitrogens with one attached hydrogen (secondary N) is 2. The molecule has 1 aliphatic heterocycles. The zero-order valence-electron chi connectivity index (χ0n) is 10.5. The van der Waals surface area contributed by atoms with Crippen LogP contribution in [-0.2, 0) is 11.2 Å². The minimum absolute atomic E-state index is 0.454. The largest absolute Gasteiger partial charge is 0.378 e. The van der Waals surface area contributed by atoms with Crippen LogP contribution in [0.4, 0.5) is 0 Å². The Kier molecular flexibility index (Phi) is 4.94. The number of hydrogen-bond acceptors (Lipinski definition) is 4. The lowest BCUT2D eigenvalue weighted by Gasteiger charge is -2.29. The molecule has 0 spiro atoms. The number of nitrogens with zero attached hydrogens (tertiary/aromatic N) is 2. The Labute approximate surface area is 102 Å². The number of aromatic nitrogens is 3. The van der Waals surface area contributed by atoms with Gasteiger partial charge in [0.2, 0.25) is 0 Å². The van der Waals surface area contributed by atoms with Crippen LogP contribution >= 0.6 is 0 Å². The average molecular weight is 238 g/mol.